The van der Waals surface area contributed by atoms with Gasteiger partial charge in [-0.3, -0.25) is 0 Å². The van der Waals surface area contributed by atoms with Gasteiger partial charge in [0.2, 0.25) is 0 Å². The van der Waals surface area contributed by atoms with Crippen LogP contribution in [0.4, 0.5) is 4.79 Å². The van der Waals surface area contributed by atoms with Crippen LogP contribution in [0.25, 0.3) is 0 Å². The average Bonchev–Trinajstić information content (AvgIpc) is 2.53. The average molecular weight is 299 g/mol. The molecule has 2 aromatic carbocycles. The fourth-order valence-corrected chi connectivity index (χ4v) is 2.33. The highest BCUT2D eigenvalue weighted by Gasteiger charge is 2.02. The van der Waals surface area contributed by atoms with Gasteiger partial charge in [0.05, 0.1) is 0 Å². The fraction of sp³-hybridized carbons (Fsp3) is 0.125. The van der Waals surface area contributed by atoms with E-state index in [9.17, 15) is 4.79 Å². The normalized spacial score (nSPS) is 11.1. The minimum Gasteiger partial charge on any atom is -0.378 e. The van der Waals surface area contributed by atoms with Crippen molar-refractivity contribution in [1.29, 1.82) is 0 Å². The van der Waals surface area contributed by atoms with Gasteiger partial charge in [0.25, 0.3) is 0 Å². The summed E-state index contributed by atoms with van der Waals surface area (Å²) >= 11 is 1.35. The number of carbonyl (C=O) groups excluding carboxylic acids is 1. The van der Waals surface area contributed by atoms with Crippen molar-refractivity contribution in [3.63, 3.8) is 0 Å². The number of aliphatic imine (C=N–C) groups is 1. The number of rotatable bonds is 4. The second-order valence-electron chi connectivity index (χ2n) is 4.37. The minimum atomic E-state index is -0.420. The van der Waals surface area contributed by atoms with E-state index in [-0.39, 0.29) is 5.17 Å². The second kappa shape index (κ2) is 8.11. The molecule has 0 fully saturated rings. The number of urea groups is 1. The van der Waals surface area contributed by atoms with Gasteiger partial charge in [-0.05, 0) is 11.1 Å². The summed E-state index contributed by atoms with van der Waals surface area (Å²) in [4.78, 5) is 15.5. The van der Waals surface area contributed by atoms with E-state index in [1.54, 1.807) is 0 Å². The van der Waals surface area contributed by atoms with Crippen molar-refractivity contribution in [2.24, 2.45) is 10.7 Å². The highest BCUT2D eigenvalue weighted by atomic mass is 32.2. The summed E-state index contributed by atoms with van der Waals surface area (Å²) in [6, 6.07) is 19.2. The third-order valence-corrected chi connectivity index (χ3v) is 3.59. The van der Waals surface area contributed by atoms with Crippen LogP contribution in [0.15, 0.2) is 65.7 Å². The summed E-state index contributed by atoms with van der Waals surface area (Å²) in [6.07, 6.45) is 0. The highest BCUT2D eigenvalue weighted by Crippen LogP contribution is 2.11. The van der Waals surface area contributed by atoms with E-state index >= 15 is 0 Å². The Labute approximate surface area is 128 Å². The Morgan fingerprint density at radius 3 is 2.19 bits per heavy atom. The predicted octanol–water partition coefficient (Wildman–Crippen LogP) is 3.14. The molecule has 0 saturated heterocycles. The summed E-state index contributed by atoms with van der Waals surface area (Å²) in [6.45, 7) is 0.444. The van der Waals surface area contributed by atoms with E-state index in [1.807, 2.05) is 60.7 Å². The van der Waals surface area contributed by atoms with E-state index in [4.69, 9.17) is 5.73 Å². The van der Waals surface area contributed by atoms with E-state index in [0.29, 0.717) is 12.3 Å². The van der Waals surface area contributed by atoms with Crippen molar-refractivity contribution in [2.75, 3.05) is 0 Å². The molecule has 0 saturated carbocycles. The second-order valence-corrected chi connectivity index (χ2v) is 5.36. The molecule has 4 nitrogen and oxygen atoms in total. The monoisotopic (exact) mass is 299 g/mol. The number of nitrogens with one attached hydrogen (secondary N) is 1. The summed E-state index contributed by atoms with van der Waals surface area (Å²) in [5.74, 6) is 0.697. The molecule has 2 rings (SSSR count). The van der Waals surface area contributed by atoms with Crippen LogP contribution < -0.4 is 11.1 Å². The first-order valence-corrected chi connectivity index (χ1v) is 7.55. The smallest absolute Gasteiger partial charge is 0.343 e. The molecule has 0 aliphatic rings. The predicted molar refractivity (Wildman–Crippen MR) is 88.0 cm³/mol. The van der Waals surface area contributed by atoms with Crippen LogP contribution in [0.5, 0.6) is 0 Å². The lowest BCUT2D eigenvalue weighted by molar-refractivity contribution is 0.249. The first-order chi connectivity index (χ1) is 10.2. The molecule has 2 amide bonds. The third kappa shape index (κ3) is 5.71. The fourth-order valence-electron chi connectivity index (χ4n) is 1.68. The quantitative estimate of drug-likeness (QED) is 0.673. The van der Waals surface area contributed by atoms with Gasteiger partial charge < -0.3 is 11.1 Å². The molecule has 0 radical (unpaired) electrons. The van der Waals surface area contributed by atoms with Crippen molar-refractivity contribution in [3.8, 4) is 0 Å². The SMILES string of the molecule is N/C(=N\C(=O)NCc1ccccc1)SCc1ccccc1. The Bertz CT molecular complexity index is 599. The first kappa shape index (κ1) is 15.1. The molecular weight excluding hydrogens is 282 g/mol. The Morgan fingerprint density at radius 1 is 1.00 bits per heavy atom. The summed E-state index contributed by atoms with van der Waals surface area (Å²) in [7, 11) is 0. The number of nitrogens with zero attached hydrogens (tertiary/aromatic N) is 1. The number of amides is 2. The summed E-state index contributed by atoms with van der Waals surface area (Å²) < 4.78 is 0. The largest absolute Gasteiger partial charge is 0.378 e. The van der Waals surface area contributed by atoms with E-state index in [0.717, 1.165) is 11.1 Å². The van der Waals surface area contributed by atoms with Crippen molar-refractivity contribution in [3.05, 3.63) is 71.8 Å². The van der Waals surface area contributed by atoms with Crippen molar-refractivity contribution in [1.82, 2.24) is 5.32 Å². The van der Waals surface area contributed by atoms with Crippen molar-refractivity contribution < 1.29 is 4.79 Å². The number of carbonyl (C=O) groups is 1. The van der Waals surface area contributed by atoms with Crippen LogP contribution in [0, 0.1) is 0 Å². The zero-order valence-electron chi connectivity index (χ0n) is 11.5. The first-order valence-electron chi connectivity index (χ1n) is 6.56. The van der Waals surface area contributed by atoms with Crippen molar-refractivity contribution in [2.45, 2.75) is 12.3 Å². The molecule has 0 aromatic heterocycles. The van der Waals surface area contributed by atoms with Crippen LogP contribution >= 0.6 is 11.8 Å². The molecule has 0 aliphatic carbocycles. The van der Waals surface area contributed by atoms with E-state index in [1.165, 1.54) is 11.8 Å². The van der Waals surface area contributed by atoms with Gasteiger partial charge in [-0.25, -0.2) is 4.79 Å². The number of hydrogen-bond donors (Lipinski definition) is 2. The lowest BCUT2D eigenvalue weighted by Crippen LogP contribution is -2.22. The van der Waals surface area contributed by atoms with Gasteiger partial charge in [-0.1, -0.05) is 72.4 Å². The lowest BCUT2D eigenvalue weighted by Gasteiger charge is -2.03. The molecule has 0 aliphatic heterocycles. The number of benzene rings is 2. The van der Waals surface area contributed by atoms with Crippen LogP contribution in [-0.2, 0) is 12.3 Å². The molecule has 0 unspecified atom stereocenters. The Hall–Kier alpha value is -2.27. The van der Waals surface area contributed by atoms with Crippen molar-refractivity contribution >= 4 is 23.0 Å². The summed E-state index contributed by atoms with van der Waals surface area (Å²) in [5, 5.41) is 2.98. The Kier molecular flexibility index (Phi) is 5.84. The molecular formula is C16H17N3OS. The number of hydrogen-bond acceptors (Lipinski definition) is 2. The third-order valence-electron chi connectivity index (χ3n) is 2.73. The van der Waals surface area contributed by atoms with E-state index in [2.05, 4.69) is 10.3 Å². The van der Waals surface area contributed by atoms with Gasteiger partial charge in [0.15, 0.2) is 5.17 Å². The minimum absolute atomic E-state index is 0.268. The molecule has 108 valence electrons. The number of thioether (sulfide) groups is 1. The molecule has 5 heteroatoms. The molecule has 21 heavy (non-hydrogen) atoms. The number of amidine groups is 1. The van der Waals surface area contributed by atoms with Gasteiger partial charge in [-0.15, -0.1) is 0 Å². The van der Waals surface area contributed by atoms with Gasteiger partial charge in [0, 0.05) is 12.3 Å². The summed E-state index contributed by atoms with van der Waals surface area (Å²) in [5.41, 5.74) is 7.91. The molecule has 2 aromatic rings. The van der Waals surface area contributed by atoms with Crippen LogP contribution in [0.2, 0.25) is 0 Å². The topological polar surface area (TPSA) is 67.5 Å². The number of nitrogens with two attached hydrogens (primary N) is 1. The molecule has 0 atom stereocenters. The Balaban J connectivity index is 1.77. The molecule has 3 N–H and O–H groups in total. The molecule has 0 heterocycles. The Morgan fingerprint density at radius 2 is 1.57 bits per heavy atom. The van der Waals surface area contributed by atoms with Crippen LogP contribution in [-0.4, -0.2) is 11.2 Å². The zero-order chi connectivity index (χ0) is 14.9. The van der Waals surface area contributed by atoms with Gasteiger partial charge >= 0.3 is 6.03 Å². The zero-order valence-corrected chi connectivity index (χ0v) is 12.3. The molecule has 0 spiro atoms. The lowest BCUT2D eigenvalue weighted by atomic mass is 10.2. The molecule has 0 bridgehead atoms. The van der Waals surface area contributed by atoms with Gasteiger partial charge in [-0.2, -0.15) is 4.99 Å². The standard InChI is InChI=1S/C16H17N3OS/c17-15(21-12-14-9-5-2-6-10-14)19-16(20)18-11-13-7-3-1-4-8-13/h1-10H,11-12H2,(H3,17,18,19,20). The van der Waals surface area contributed by atoms with Crippen LogP contribution in [0.1, 0.15) is 11.1 Å². The maximum absolute atomic E-state index is 11.6. The maximum Gasteiger partial charge on any atom is 0.343 e. The maximum atomic E-state index is 11.6. The van der Waals surface area contributed by atoms with Crippen LogP contribution in [0.3, 0.4) is 0 Å². The van der Waals surface area contributed by atoms with E-state index < -0.39 is 6.03 Å². The van der Waals surface area contributed by atoms with Gasteiger partial charge in [0.1, 0.15) is 0 Å². The highest BCUT2D eigenvalue weighted by molar-refractivity contribution is 8.13.